The van der Waals surface area contributed by atoms with Gasteiger partial charge < -0.3 is 14.0 Å². The van der Waals surface area contributed by atoms with Gasteiger partial charge in [-0.25, -0.2) is 0 Å². The molecule has 0 radical (unpaired) electrons. The van der Waals surface area contributed by atoms with Crippen LogP contribution in [0.3, 0.4) is 0 Å². The Balaban J connectivity index is 1.93. The van der Waals surface area contributed by atoms with E-state index in [1.165, 1.54) is 67.2 Å². The molecule has 0 spiro atoms. The molecule has 0 saturated carbocycles. The molecule has 0 aromatic heterocycles. The highest BCUT2D eigenvalue weighted by Gasteiger charge is 2.17. The van der Waals surface area contributed by atoms with Crippen molar-refractivity contribution in [1.29, 1.82) is 0 Å². The van der Waals surface area contributed by atoms with E-state index >= 15 is 0 Å². The zero-order valence-electron chi connectivity index (χ0n) is 22.3. The van der Waals surface area contributed by atoms with Crippen molar-refractivity contribution in [2.75, 3.05) is 0 Å². The van der Waals surface area contributed by atoms with E-state index in [0.717, 1.165) is 25.3 Å². The molecular formula is C30H48O3Si. The number of aryl methyl sites for hydroxylation is 2. The highest BCUT2D eigenvalue weighted by molar-refractivity contribution is 6.44. The first-order chi connectivity index (χ1) is 16.4. The maximum Gasteiger partial charge on any atom is 0.321 e. The molecule has 0 fully saturated rings. The second-order valence-electron chi connectivity index (χ2n) is 10.1. The van der Waals surface area contributed by atoms with Crippen molar-refractivity contribution in [3.8, 4) is 16.9 Å². The summed E-state index contributed by atoms with van der Waals surface area (Å²) in [6.07, 6.45) is 12.9. The summed E-state index contributed by atoms with van der Waals surface area (Å²) in [5.74, 6) is 0.333. The van der Waals surface area contributed by atoms with Crippen LogP contribution in [-0.2, 0) is 21.7 Å². The van der Waals surface area contributed by atoms with Crippen LogP contribution < -0.4 is 0 Å². The average molecular weight is 485 g/mol. The van der Waals surface area contributed by atoms with E-state index in [9.17, 15) is 5.11 Å². The number of benzene rings is 2. The van der Waals surface area contributed by atoms with Crippen LogP contribution in [0.5, 0.6) is 5.75 Å². The number of unbranched alkanes of at least 4 members (excludes halogenated alkanes) is 6. The summed E-state index contributed by atoms with van der Waals surface area (Å²) < 4.78 is 12.2. The van der Waals surface area contributed by atoms with E-state index < -0.39 is 9.28 Å². The minimum absolute atomic E-state index is 0.200. The topological polar surface area (TPSA) is 38.7 Å². The molecule has 4 heteroatoms. The van der Waals surface area contributed by atoms with Crippen LogP contribution in [0.1, 0.15) is 97.1 Å². The lowest BCUT2D eigenvalue weighted by atomic mass is 9.95. The summed E-state index contributed by atoms with van der Waals surface area (Å²) >= 11 is 0. The molecule has 0 aliphatic heterocycles. The van der Waals surface area contributed by atoms with Crippen molar-refractivity contribution >= 4 is 9.28 Å². The van der Waals surface area contributed by atoms with Crippen LogP contribution in [0.25, 0.3) is 11.1 Å². The molecule has 34 heavy (non-hydrogen) atoms. The largest absolute Gasteiger partial charge is 0.508 e. The number of aromatic hydroxyl groups is 1. The Morgan fingerprint density at radius 1 is 0.735 bits per heavy atom. The number of phenolic OH excluding ortho intramolecular Hbond substituents is 1. The average Bonchev–Trinajstić information content (AvgIpc) is 2.78. The van der Waals surface area contributed by atoms with Crippen LogP contribution in [-0.4, -0.2) is 26.6 Å². The van der Waals surface area contributed by atoms with E-state index in [1.807, 2.05) is 6.07 Å². The summed E-state index contributed by atoms with van der Waals surface area (Å²) in [6, 6.07) is 15.8. The third-order valence-corrected chi connectivity index (χ3v) is 8.73. The molecule has 190 valence electrons. The maximum atomic E-state index is 10.1. The van der Waals surface area contributed by atoms with Crippen LogP contribution in [0.4, 0.5) is 0 Å². The van der Waals surface area contributed by atoms with Crippen LogP contribution in [0, 0.1) is 0 Å². The second-order valence-corrected chi connectivity index (χ2v) is 12.1. The molecule has 0 bridgehead atoms. The Kier molecular flexibility index (Phi) is 13.6. The first-order valence-corrected chi connectivity index (χ1v) is 15.4. The summed E-state index contributed by atoms with van der Waals surface area (Å²) in [4.78, 5) is 0. The van der Waals surface area contributed by atoms with Gasteiger partial charge in [-0.15, -0.1) is 0 Å². The summed E-state index contributed by atoms with van der Waals surface area (Å²) in [7, 11) is -1.68. The first kappa shape index (κ1) is 28.6. The van der Waals surface area contributed by atoms with Gasteiger partial charge in [-0.05, 0) is 93.8 Å². The number of hydrogen-bond acceptors (Lipinski definition) is 3. The quantitative estimate of drug-likeness (QED) is 0.181. The molecule has 3 nitrogen and oxygen atoms in total. The molecule has 0 atom stereocenters. The minimum atomic E-state index is -1.68. The van der Waals surface area contributed by atoms with Gasteiger partial charge >= 0.3 is 9.28 Å². The molecule has 0 unspecified atom stereocenters. The number of phenols is 1. The third-order valence-electron chi connectivity index (χ3n) is 6.16. The Morgan fingerprint density at radius 2 is 1.35 bits per heavy atom. The fourth-order valence-electron chi connectivity index (χ4n) is 4.44. The van der Waals surface area contributed by atoms with E-state index in [1.54, 1.807) is 6.07 Å². The van der Waals surface area contributed by atoms with Crippen LogP contribution >= 0.6 is 0 Å². The smallest absolute Gasteiger partial charge is 0.321 e. The van der Waals surface area contributed by atoms with Gasteiger partial charge in [-0.1, -0.05) is 75.8 Å². The number of rotatable bonds is 17. The fraction of sp³-hybridized carbons (Fsp3) is 0.600. The van der Waals surface area contributed by atoms with E-state index in [4.69, 9.17) is 8.85 Å². The second kappa shape index (κ2) is 16.1. The molecule has 0 amide bonds. The van der Waals surface area contributed by atoms with Crippen molar-refractivity contribution in [2.24, 2.45) is 0 Å². The van der Waals surface area contributed by atoms with Crippen molar-refractivity contribution < 1.29 is 14.0 Å². The first-order valence-electron chi connectivity index (χ1n) is 13.6. The lowest BCUT2D eigenvalue weighted by Gasteiger charge is -2.21. The molecular weight excluding hydrogens is 436 g/mol. The SMILES string of the molecule is CCCCCCCCCc1ccc(-c2ccc(O)cc2CCC[SiH](OC(C)C)OC(C)C)cc1. The Labute approximate surface area is 210 Å². The van der Waals surface area contributed by atoms with Crippen molar-refractivity contribution in [1.82, 2.24) is 0 Å². The summed E-state index contributed by atoms with van der Waals surface area (Å²) in [5.41, 5.74) is 5.06. The predicted octanol–water partition coefficient (Wildman–Crippen LogP) is 8.36. The van der Waals surface area contributed by atoms with Gasteiger partial charge in [-0.3, -0.25) is 0 Å². The van der Waals surface area contributed by atoms with Crippen molar-refractivity contribution in [3.05, 3.63) is 53.6 Å². The van der Waals surface area contributed by atoms with Gasteiger partial charge in [0, 0.05) is 12.2 Å². The van der Waals surface area contributed by atoms with Crippen molar-refractivity contribution in [3.63, 3.8) is 0 Å². The van der Waals surface area contributed by atoms with Gasteiger partial charge in [0.05, 0.1) is 0 Å². The monoisotopic (exact) mass is 484 g/mol. The van der Waals surface area contributed by atoms with E-state index in [-0.39, 0.29) is 12.2 Å². The zero-order valence-corrected chi connectivity index (χ0v) is 23.5. The molecule has 0 saturated heterocycles. The molecule has 0 aliphatic carbocycles. The molecule has 0 heterocycles. The molecule has 2 aromatic rings. The van der Waals surface area contributed by atoms with Gasteiger partial charge in [0.2, 0.25) is 0 Å². The minimum Gasteiger partial charge on any atom is -0.508 e. The maximum absolute atomic E-state index is 10.1. The fourth-order valence-corrected chi connectivity index (χ4v) is 6.53. The Hall–Kier alpha value is -1.62. The van der Waals surface area contributed by atoms with Gasteiger partial charge in [0.25, 0.3) is 0 Å². The third kappa shape index (κ3) is 11.2. The predicted molar refractivity (Wildman–Crippen MR) is 148 cm³/mol. The summed E-state index contributed by atoms with van der Waals surface area (Å²) in [6.45, 7) is 10.6. The summed E-state index contributed by atoms with van der Waals surface area (Å²) in [5, 5.41) is 10.1. The zero-order chi connectivity index (χ0) is 24.8. The van der Waals surface area contributed by atoms with E-state index in [2.05, 4.69) is 65.0 Å². The van der Waals surface area contributed by atoms with E-state index in [0.29, 0.717) is 5.75 Å². The lowest BCUT2D eigenvalue weighted by Crippen LogP contribution is -2.29. The Bertz CT molecular complexity index is 791. The molecule has 2 aromatic carbocycles. The van der Waals surface area contributed by atoms with Crippen LogP contribution in [0.2, 0.25) is 6.04 Å². The normalized spacial score (nSPS) is 11.8. The highest BCUT2D eigenvalue weighted by atomic mass is 28.3. The van der Waals surface area contributed by atoms with Crippen molar-refractivity contribution in [2.45, 2.75) is 117 Å². The molecule has 0 aliphatic rings. The number of hydrogen-bond donors (Lipinski definition) is 1. The molecule has 2 rings (SSSR count). The molecule has 1 N–H and O–H groups in total. The standard InChI is InChI=1S/C30H48O3Si/c1-6-7-8-9-10-11-12-14-26-16-18-27(19-17-26)30-21-20-29(31)23-28(30)15-13-22-34(32-24(2)3)33-25(4)5/h16-21,23-25,31,34H,6-15,22H2,1-5H3. The van der Waals surface area contributed by atoms with Gasteiger partial charge in [-0.2, -0.15) is 0 Å². The van der Waals surface area contributed by atoms with Gasteiger partial charge in [0.1, 0.15) is 5.75 Å². The van der Waals surface area contributed by atoms with Crippen LogP contribution in [0.15, 0.2) is 42.5 Å². The highest BCUT2D eigenvalue weighted by Crippen LogP contribution is 2.29. The van der Waals surface area contributed by atoms with Gasteiger partial charge in [0.15, 0.2) is 0 Å². The lowest BCUT2D eigenvalue weighted by molar-refractivity contribution is 0.129. The Morgan fingerprint density at radius 3 is 1.97 bits per heavy atom.